The van der Waals surface area contributed by atoms with Crippen LogP contribution >= 0.6 is 11.6 Å². The maximum atomic E-state index is 11.3. The van der Waals surface area contributed by atoms with E-state index < -0.39 is 10.8 Å². The molecule has 3 aromatic rings. The van der Waals surface area contributed by atoms with Gasteiger partial charge in [-0.3, -0.25) is 10.1 Å². The van der Waals surface area contributed by atoms with Gasteiger partial charge in [-0.15, -0.1) is 0 Å². The van der Waals surface area contributed by atoms with Crippen molar-refractivity contribution in [1.29, 1.82) is 5.26 Å². The normalized spacial score (nSPS) is 15.8. The maximum Gasteiger partial charge on any atom is 0.288 e. The SMILES string of the molecule is N#CC1=C(N)Oc2ccc3ccccc3c2C1c1ccc(Cl)c([N+](=O)[O-])c1. The van der Waals surface area contributed by atoms with Crippen LogP contribution in [0.4, 0.5) is 5.69 Å². The Kier molecular flexibility index (Phi) is 3.94. The van der Waals surface area contributed by atoms with Crippen molar-refractivity contribution in [2.75, 3.05) is 0 Å². The highest BCUT2D eigenvalue weighted by atomic mass is 35.5. The molecule has 0 saturated carbocycles. The quantitative estimate of drug-likeness (QED) is 0.518. The molecule has 4 rings (SSSR count). The summed E-state index contributed by atoms with van der Waals surface area (Å²) in [4.78, 5) is 10.8. The van der Waals surface area contributed by atoms with E-state index in [0.717, 1.165) is 16.3 Å². The molecular weight excluding hydrogens is 366 g/mol. The van der Waals surface area contributed by atoms with E-state index in [1.165, 1.54) is 12.1 Å². The van der Waals surface area contributed by atoms with Crippen LogP contribution < -0.4 is 10.5 Å². The molecular formula is C20H12ClN3O3. The van der Waals surface area contributed by atoms with Gasteiger partial charge in [-0.25, -0.2) is 0 Å². The highest BCUT2D eigenvalue weighted by Crippen LogP contribution is 2.46. The molecule has 0 bridgehead atoms. The average Bonchev–Trinajstić information content (AvgIpc) is 2.67. The summed E-state index contributed by atoms with van der Waals surface area (Å²) in [7, 11) is 0. The summed E-state index contributed by atoms with van der Waals surface area (Å²) < 4.78 is 5.67. The third-order valence-corrected chi connectivity index (χ3v) is 4.93. The van der Waals surface area contributed by atoms with E-state index in [2.05, 4.69) is 6.07 Å². The Balaban J connectivity index is 2.05. The Morgan fingerprint density at radius 3 is 2.70 bits per heavy atom. The van der Waals surface area contributed by atoms with E-state index in [9.17, 15) is 15.4 Å². The minimum atomic E-state index is -0.596. The molecule has 1 aliphatic heterocycles. The van der Waals surface area contributed by atoms with Crippen LogP contribution in [0, 0.1) is 21.4 Å². The van der Waals surface area contributed by atoms with Gasteiger partial charge in [0.05, 0.1) is 10.8 Å². The van der Waals surface area contributed by atoms with Crippen LogP contribution in [0.2, 0.25) is 5.02 Å². The molecule has 27 heavy (non-hydrogen) atoms. The van der Waals surface area contributed by atoms with Crippen molar-refractivity contribution in [3.63, 3.8) is 0 Å². The number of rotatable bonds is 2. The Morgan fingerprint density at radius 2 is 1.96 bits per heavy atom. The molecule has 1 heterocycles. The number of benzene rings is 3. The van der Waals surface area contributed by atoms with Gasteiger partial charge in [-0.2, -0.15) is 5.26 Å². The molecule has 0 saturated heterocycles. The van der Waals surface area contributed by atoms with Gasteiger partial charge >= 0.3 is 0 Å². The Labute approximate surface area is 159 Å². The highest BCUT2D eigenvalue weighted by molar-refractivity contribution is 6.32. The number of fused-ring (bicyclic) bond motifs is 3. The van der Waals surface area contributed by atoms with Crippen LogP contribution in [-0.2, 0) is 0 Å². The van der Waals surface area contributed by atoms with Crippen molar-refractivity contribution in [2.45, 2.75) is 5.92 Å². The molecule has 0 spiro atoms. The smallest absolute Gasteiger partial charge is 0.288 e. The fourth-order valence-electron chi connectivity index (χ4n) is 3.42. The molecule has 6 nitrogen and oxygen atoms in total. The Morgan fingerprint density at radius 1 is 1.19 bits per heavy atom. The lowest BCUT2D eigenvalue weighted by molar-refractivity contribution is -0.384. The zero-order valence-corrected chi connectivity index (χ0v) is 14.6. The molecule has 0 fully saturated rings. The fraction of sp³-hybridized carbons (Fsp3) is 0.0500. The number of hydrogen-bond acceptors (Lipinski definition) is 5. The zero-order valence-electron chi connectivity index (χ0n) is 13.8. The second kappa shape index (κ2) is 6.31. The molecule has 0 amide bonds. The van der Waals surface area contributed by atoms with Crippen molar-refractivity contribution in [2.24, 2.45) is 5.73 Å². The summed E-state index contributed by atoms with van der Waals surface area (Å²) in [5.41, 5.74) is 7.25. The third kappa shape index (κ3) is 2.65. The van der Waals surface area contributed by atoms with Crippen molar-refractivity contribution in [1.82, 2.24) is 0 Å². The van der Waals surface area contributed by atoms with Crippen LogP contribution in [0.15, 0.2) is 66.1 Å². The van der Waals surface area contributed by atoms with Gasteiger partial charge in [0.25, 0.3) is 5.69 Å². The minimum absolute atomic E-state index is 0.0112. The minimum Gasteiger partial charge on any atom is -0.440 e. The van der Waals surface area contributed by atoms with Gasteiger partial charge in [0.15, 0.2) is 0 Å². The maximum absolute atomic E-state index is 11.3. The summed E-state index contributed by atoms with van der Waals surface area (Å²) in [5.74, 6) is -0.0866. The Hall–Kier alpha value is -3.56. The lowest BCUT2D eigenvalue weighted by atomic mass is 9.81. The second-order valence-electron chi connectivity index (χ2n) is 6.09. The monoisotopic (exact) mass is 377 g/mol. The van der Waals surface area contributed by atoms with Crippen LogP contribution in [0.25, 0.3) is 10.8 Å². The van der Waals surface area contributed by atoms with Crippen molar-refractivity contribution in [3.8, 4) is 11.8 Å². The van der Waals surface area contributed by atoms with E-state index in [4.69, 9.17) is 22.1 Å². The Bertz CT molecular complexity index is 1180. The van der Waals surface area contributed by atoms with Gasteiger partial charge in [0.1, 0.15) is 22.4 Å². The first kappa shape index (κ1) is 16.9. The van der Waals surface area contributed by atoms with E-state index in [1.807, 2.05) is 30.3 Å². The third-order valence-electron chi connectivity index (χ3n) is 4.61. The van der Waals surface area contributed by atoms with Crippen LogP contribution in [-0.4, -0.2) is 4.92 Å². The number of nitriles is 1. The van der Waals surface area contributed by atoms with Crippen molar-refractivity contribution in [3.05, 3.63) is 92.3 Å². The molecule has 132 valence electrons. The lowest BCUT2D eigenvalue weighted by Gasteiger charge is -2.27. The summed E-state index contributed by atoms with van der Waals surface area (Å²) in [6, 6.07) is 18.0. The molecule has 7 heteroatoms. The summed E-state index contributed by atoms with van der Waals surface area (Å²) in [6.45, 7) is 0. The van der Waals surface area contributed by atoms with E-state index in [1.54, 1.807) is 12.1 Å². The number of allylic oxidation sites excluding steroid dienone is 1. The number of nitro benzene ring substituents is 1. The fourth-order valence-corrected chi connectivity index (χ4v) is 3.61. The number of nitrogens with zero attached hydrogens (tertiary/aromatic N) is 2. The van der Waals surface area contributed by atoms with Crippen molar-refractivity contribution < 1.29 is 9.66 Å². The molecule has 1 atom stereocenters. The molecule has 1 aliphatic rings. The number of ether oxygens (including phenoxy) is 1. The molecule has 1 unspecified atom stereocenters. The van der Waals surface area contributed by atoms with Gasteiger partial charge in [0.2, 0.25) is 5.88 Å². The van der Waals surface area contributed by atoms with Gasteiger partial charge in [-0.1, -0.05) is 48.0 Å². The predicted molar refractivity (Wildman–Crippen MR) is 101 cm³/mol. The topological polar surface area (TPSA) is 102 Å². The number of halogens is 1. The van der Waals surface area contributed by atoms with Crippen molar-refractivity contribution >= 4 is 28.1 Å². The first-order valence-electron chi connectivity index (χ1n) is 8.04. The second-order valence-corrected chi connectivity index (χ2v) is 6.50. The predicted octanol–water partition coefficient (Wildman–Crippen LogP) is 4.62. The molecule has 0 aromatic heterocycles. The molecule has 0 aliphatic carbocycles. The number of hydrogen-bond donors (Lipinski definition) is 1. The molecule has 0 radical (unpaired) electrons. The summed E-state index contributed by atoms with van der Waals surface area (Å²) in [6.07, 6.45) is 0. The highest BCUT2D eigenvalue weighted by Gasteiger charge is 2.33. The largest absolute Gasteiger partial charge is 0.440 e. The molecule has 2 N–H and O–H groups in total. The summed E-state index contributed by atoms with van der Waals surface area (Å²) in [5, 5.41) is 22.9. The number of nitro groups is 1. The van der Waals surface area contributed by atoms with Crippen LogP contribution in [0.5, 0.6) is 5.75 Å². The van der Waals surface area contributed by atoms with Crippen LogP contribution in [0.3, 0.4) is 0 Å². The van der Waals surface area contributed by atoms with E-state index >= 15 is 0 Å². The van der Waals surface area contributed by atoms with Gasteiger partial charge in [0, 0.05) is 11.6 Å². The summed E-state index contributed by atoms with van der Waals surface area (Å²) >= 11 is 5.96. The average molecular weight is 378 g/mol. The standard InChI is InChI=1S/C20H12ClN3O3/c21-15-7-5-12(9-16(15)24(25)26)18-14(10-22)20(23)27-17-8-6-11-3-1-2-4-13(11)19(17)18/h1-9,18H,23H2. The lowest BCUT2D eigenvalue weighted by Crippen LogP contribution is -2.21. The molecule has 3 aromatic carbocycles. The zero-order chi connectivity index (χ0) is 19.1. The first-order chi connectivity index (χ1) is 13.0. The van der Waals surface area contributed by atoms with E-state index in [-0.39, 0.29) is 22.2 Å². The number of nitrogens with two attached hydrogens (primary N) is 1. The van der Waals surface area contributed by atoms with Crippen LogP contribution in [0.1, 0.15) is 17.0 Å². The first-order valence-corrected chi connectivity index (χ1v) is 8.42. The van der Waals surface area contributed by atoms with Gasteiger partial charge < -0.3 is 10.5 Å². The van der Waals surface area contributed by atoms with Gasteiger partial charge in [-0.05, 0) is 28.5 Å². The van der Waals surface area contributed by atoms with E-state index in [0.29, 0.717) is 11.3 Å².